The van der Waals surface area contributed by atoms with Gasteiger partial charge in [0.1, 0.15) is 0 Å². The lowest BCUT2D eigenvalue weighted by Gasteiger charge is -2.35. The lowest BCUT2D eigenvalue weighted by atomic mass is 9.75. The minimum Gasteiger partial charge on any atom is -0.375 e. The van der Waals surface area contributed by atoms with E-state index in [0.29, 0.717) is 5.56 Å². The third-order valence-electron chi connectivity index (χ3n) is 3.72. The van der Waals surface area contributed by atoms with Crippen molar-refractivity contribution in [1.82, 2.24) is 0 Å². The maximum atomic E-state index is 13.0. The molecule has 1 aliphatic carbocycles. The summed E-state index contributed by atoms with van der Waals surface area (Å²) >= 11 is 0. The van der Waals surface area contributed by atoms with E-state index in [1.54, 1.807) is 12.1 Å². The lowest BCUT2D eigenvalue weighted by molar-refractivity contribution is -0.262. The molecule has 1 aromatic carbocycles. The van der Waals surface area contributed by atoms with Crippen LogP contribution in [-0.2, 0) is 5.60 Å². The maximum absolute atomic E-state index is 13.0. The number of rotatable bonds is 3. The van der Waals surface area contributed by atoms with E-state index in [-0.39, 0.29) is 11.5 Å². The summed E-state index contributed by atoms with van der Waals surface area (Å²) in [4.78, 5) is 0. The summed E-state index contributed by atoms with van der Waals surface area (Å²) in [6.45, 7) is -0.861. The van der Waals surface area contributed by atoms with Crippen LogP contribution in [0.15, 0.2) is 24.3 Å². The molecule has 0 heterocycles. The second-order valence-corrected chi connectivity index (χ2v) is 4.78. The van der Waals surface area contributed by atoms with Gasteiger partial charge in [0.05, 0.1) is 0 Å². The summed E-state index contributed by atoms with van der Waals surface area (Å²) in [6, 6.07) is 6.19. The number of aliphatic hydroxyl groups is 1. The Bertz CT molecular complexity index is 428. The zero-order valence-electron chi connectivity index (χ0n) is 9.87. The molecular formula is C13H16F3NO. The van der Waals surface area contributed by atoms with E-state index in [4.69, 9.17) is 5.73 Å². The number of hydrogen-bond donors (Lipinski definition) is 2. The summed E-state index contributed by atoms with van der Waals surface area (Å²) in [7, 11) is 0. The largest absolute Gasteiger partial charge is 0.422 e. The third-order valence-corrected chi connectivity index (χ3v) is 3.72. The number of hydrogen-bond acceptors (Lipinski definition) is 2. The van der Waals surface area contributed by atoms with Crippen LogP contribution in [0.25, 0.3) is 0 Å². The predicted molar refractivity (Wildman–Crippen MR) is 62.0 cm³/mol. The average molecular weight is 259 g/mol. The van der Waals surface area contributed by atoms with Crippen LogP contribution in [0.3, 0.4) is 0 Å². The van der Waals surface area contributed by atoms with Gasteiger partial charge in [-0.1, -0.05) is 30.7 Å². The van der Waals surface area contributed by atoms with Gasteiger partial charge < -0.3 is 10.8 Å². The van der Waals surface area contributed by atoms with Gasteiger partial charge in [-0.25, -0.2) is 0 Å². The SMILES string of the molecule is NCC(O)(c1ccccc1C1CCC1)C(F)(F)F. The van der Waals surface area contributed by atoms with Crippen LogP contribution in [0.5, 0.6) is 0 Å². The predicted octanol–water partition coefficient (Wildman–Crippen LogP) is 2.66. The molecule has 1 aromatic rings. The Morgan fingerprint density at radius 3 is 2.28 bits per heavy atom. The molecule has 0 aliphatic heterocycles. The van der Waals surface area contributed by atoms with Gasteiger partial charge in [-0.05, 0) is 29.9 Å². The van der Waals surface area contributed by atoms with Crippen molar-refractivity contribution >= 4 is 0 Å². The maximum Gasteiger partial charge on any atom is 0.422 e. The van der Waals surface area contributed by atoms with Crippen LogP contribution in [0, 0.1) is 0 Å². The van der Waals surface area contributed by atoms with Crippen molar-refractivity contribution in [3.63, 3.8) is 0 Å². The van der Waals surface area contributed by atoms with Gasteiger partial charge in [0.25, 0.3) is 0 Å². The van der Waals surface area contributed by atoms with Gasteiger partial charge in [-0.15, -0.1) is 0 Å². The highest BCUT2D eigenvalue weighted by Gasteiger charge is 2.55. The number of halogens is 3. The van der Waals surface area contributed by atoms with E-state index >= 15 is 0 Å². The van der Waals surface area contributed by atoms with Gasteiger partial charge in [-0.2, -0.15) is 13.2 Å². The van der Waals surface area contributed by atoms with Crippen molar-refractivity contribution in [2.75, 3.05) is 6.54 Å². The molecule has 0 amide bonds. The monoisotopic (exact) mass is 259 g/mol. The first-order valence-corrected chi connectivity index (χ1v) is 5.98. The Morgan fingerprint density at radius 1 is 1.22 bits per heavy atom. The molecule has 0 saturated heterocycles. The topological polar surface area (TPSA) is 46.2 Å². The van der Waals surface area contributed by atoms with Crippen LogP contribution in [-0.4, -0.2) is 17.8 Å². The Morgan fingerprint density at radius 2 is 1.83 bits per heavy atom. The van der Waals surface area contributed by atoms with Crippen LogP contribution < -0.4 is 5.73 Å². The Balaban J connectivity index is 2.48. The molecule has 2 rings (SSSR count). The first-order valence-electron chi connectivity index (χ1n) is 5.98. The molecule has 3 N–H and O–H groups in total. The molecule has 1 saturated carbocycles. The van der Waals surface area contributed by atoms with Crippen LogP contribution in [0.1, 0.15) is 36.3 Å². The first-order chi connectivity index (χ1) is 8.40. The van der Waals surface area contributed by atoms with Crippen molar-refractivity contribution in [3.8, 4) is 0 Å². The highest BCUT2D eigenvalue weighted by atomic mass is 19.4. The van der Waals surface area contributed by atoms with Crippen molar-refractivity contribution in [2.24, 2.45) is 5.73 Å². The van der Waals surface area contributed by atoms with E-state index in [0.717, 1.165) is 19.3 Å². The molecule has 1 unspecified atom stereocenters. The highest BCUT2D eigenvalue weighted by Crippen LogP contribution is 2.45. The average Bonchev–Trinajstić information content (AvgIpc) is 2.25. The minimum absolute atomic E-state index is 0.0929. The van der Waals surface area contributed by atoms with E-state index in [9.17, 15) is 18.3 Å². The second-order valence-electron chi connectivity index (χ2n) is 4.78. The number of alkyl halides is 3. The van der Waals surface area contributed by atoms with Crippen molar-refractivity contribution in [1.29, 1.82) is 0 Å². The fourth-order valence-corrected chi connectivity index (χ4v) is 2.33. The molecule has 1 fully saturated rings. The summed E-state index contributed by atoms with van der Waals surface area (Å²) in [5.41, 5.74) is 2.72. The second kappa shape index (κ2) is 4.55. The van der Waals surface area contributed by atoms with Gasteiger partial charge in [-0.3, -0.25) is 0 Å². The molecule has 18 heavy (non-hydrogen) atoms. The summed E-state index contributed by atoms with van der Waals surface area (Å²) in [5, 5.41) is 9.93. The summed E-state index contributed by atoms with van der Waals surface area (Å²) in [5.74, 6) is 0.113. The van der Waals surface area contributed by atoms with E-state index < -0.39 is 18.3 Å². The van der Waals surface area contributed by atoms with Crippen molar-refractivity contribution in [2.45, 2.75) is 37.0 Å². The quantitative estimate of drug-likeness (QED) is 0.876. The zero-order valence-corrected chi connectivity index (χ0v) is 9.87. The van der Waals surface area contributed by atoms with Crippen LogP contribution in [0.2, 0.25) is 0 Å². The Hall–Kier alpha value is -1.07. The summed E-state index contributed by atoms with van der Waals surface area (Å²) < 4.78 is 39.1. The van der Waals surface area contributed by atoms with Gasteiger partial charge in [0.2, 0.25) is 0 Å². The van der Waals surface area contributed by atoms with Crippen LogP contribution in [0.4, 0.5) is 13.2 Å². The fraction of sp³-hybridized carbons (Fsp3) is 0.538. The molecule has 0 aromatic heterocycles. The van der Waals surface area contributed by atoms with Crippen LogP contribution >= 0.6 is 0 Å². The first kappa shape index (κ1) is 13.4. The van der Waals surface area contributed by atoms with Crippen molar-refractivity contribution < 1.29 is 18.3 Å². The smallest absolute Gasteiger partial charge is 0.375 e. The van der Waals surface area contributed by atoms with Crippen molar-refractivity contribution in [3.05, 3.63) is 35.4 Å². The number of nitrogens with two attached hydrogens (primary N) is 1. The Labute approximate surface area is 104 Å². The van der Waals surface area contributed by atoms with E-state index in [1.807, 2.05) is 0 Å². The molecule has 1 atom stereocenters. The Kier molecular flexibility index (Phi) is 3.38. The molecule has 0 bridgehead atoms. The van der Waals surface area contributed by atoms with Gasteiger partial charge in [0, 0.05) is 6.54 Å². The molecule has 0 spiro atoms. The standard InChI is InChI=1S/C13H16F3NO/c14-13(15,16)12(18,8-17)11-7-2-1-6-10(11)9-4-3-5-9/h1-2,6-7,9,18H,3-5,8,17H2. The van der Waals surface area contributed by atoms with Gasteiger partial charge in [0.15, 0.2) is 5.60 Å². The molecule has 5 heteroatoms. The normalized spacial score (nSPS) is 20.3. The van der Waals surface area contributed by atoms with Gasteiger partial charge >= 0.3 is 6.18 Å². The van der Waals surface area contributed by atoms with E-state index in [1.165, 1.54) is 12.1 Å². The lowest BCUT2D eigenvalue weighted by Crippen LogP contribution is -2.49. The third kappa shape index (κ3) is 2.01. The minimum atomic E-state index is -4.76. The van der Waals surface area contributed by atoms with E-state index in [2.05, 4.69) is 0 Å². The molecule has 0 radical (unpaired) electrons. The molecule has 1 aliphatic rings. The molecule has 100 valence electrons. The summed E-state index contributed by atoms with van der Waals surface area (Å²) in [6.07, 6.45) is -2.00. The number of benzene rings is 1. The highest BCUT2D eigenvalue weighted by molar-refractivity contribution is 5.37. The molecular weight excluding hydrogens is 243 g/mol. The molecule has 2 nitrogen and oxygen atoms in total. The fourth-order valence-electron chi connectivity index (χ4n) is 2.33. The zero-order chi connectivity index (χ0) is 13.4.